The van der Waals surface area contributed by atoms with Gasteiger partial charge >= 0.3 is 0 Å². The maximum absolute atomic E-state index is 11.9. The van der Waals surface area contributed by atoms with Crippen molar-refractivity contribution in [3.8, 4) is 0 Å². The molecule has 0 bridgehead atoms. The summed E-state index contributed by atoms with van der Waals surface area (Å²) in [6, 6.07) is 13.4. The van der Waals surface area contributed by atoms with Crippen LogP contribution in [0.1, 0.15) is 5.56 Å². The van der Waals surface area contributed by atoms with E-state index < -0.39 is 15.9 Å². The van der Waals surface area contributed by atoms with Gasteiger partial charge in [-0.25, -0.2) is 8.42 Å². The Morgan fingerprint density at radius 1 is 1.00 bits per heavy atom. The number of hydrogen-bond acceptors (Lipinski definition) is 4. The molecule has 2 aromatic rings. The van der Waals surface area contributed by atoms with E-state index in [4.69, 9.17) is 0 Å². The van der Waals surface area contributed by atoms with Crippen LogP contribution >= 0.6 is 0 Å². The molecule has 0 saturated carbocycles. The largest absolute Gasteiger partial charge is 0.347 e. The van der Waals surface area contributed by atoms with Crippen molar-refractivity contribution in [2.45, 2.75) is 6.42 Å². The van der Waals surface area contributed by atoms with Crippen LogP contribution in [-0.4, -0.2) is 33.0 Å². The molecule has 0 aliphatic rings. The molecule has 0 aliphatic heterocycles. The lowest BCUT2D eigenvalue weighted by Crippen LogP contribution is -2.39. The third-order valence-corrected chi connectivity index (χ3v) is 3.57. The van der Waals surface area contributed by atoms with Crippen molar-refractivity contribution in [2.75, 3.05) is 12.8 Å². The zero-order chi connectivity index (χ0) is 16.2. The molecule has 2 amide bonds. The molecule has 6 nitrogen and oxygen atoms in total. The van der Waals surface area contributed by atoms with Crippen molar-refractivity contribution in [3.63, 3.8) is 0 Å². The maximum atomic E-state index is 11.9. The first-order valence-corrected chi connectivity index (χ1v) is 8.48. The van der Waals surface area contributed by atoms with Crippen LogP contribution in [-0.2, 0) is 26.0 Å². The fraction of sp³-hybridized carbons (Fsp3) is 0.200. The van der Waals surface area contributed by atoms with Gasteiger partial charge in [0.2, 0.25) is 15.9 Å². The Balaban J connectivity index is 1.98. The van der Waals surface area contributed by atoms with Crippen LogP contribution in [0.2, 0.25) is 0 Å². The average molecular weight is 320 g/mol. The van der Waals surface area contributed by atoms with Gasteiger partial charge in [-0.1, -0.05) is 42.5 Å². The number of sulfonamides is 1. The molecule has 0 radical (unpaired) electrons. The molecule has 2 N–H and O–H groups in total. The molecule has 2 rings (SSSR count). The number of nitrogens with one attached hydrogen (secondary N) is 2. The molecule has 0 saturated heterocycles. The lowest BCUT2D eigenvalue weighted by Gasteiger charge is -2.08. The van der Waals surface area contributed by atoms with E-state index in [1.54, 1.807) is 4.72 Å². The maximum Gasteiger partial charge on any atom is 0.252 e. The first-order chi connectivity index (χ1) is 10.3. The van der Waals surface area contributed by atoms with E-state index in [9.17, 15) is 18.0 Å². The second kappa shape index (κ2) is 6.57. The summed E-state index contributed by atoms with van der Waals surface area (Å²) in [4.78, 5) is 23.2. The van der Waals surface area contributed by atoms with E-state index in [1.807, 2.05) is 42.5 Å². The minimum Gasteiger partial charge on any atom is -0.347 e. The topological polar surface area (TPSA) is 92.3 Å². The summed E-state index contributed by atoms with van der Waals surface area (Å²) in [5.41, 5.74) is 0.846. The molecule has 2 aromatic carbocycles. The molecule has 0 heterocycles. The summed E-state index contributed by atoms with van der Waals surface area (Å²) in [5, 5.41) is 4.41. The number of hydrogen-bond donors (Lipinski definition) is 2. The van der Waals surface area contributed by atoms with Crippen LogP contribution in [0.25, 0.3) is 10.8 Å². The second-order valence-corrected chi connectivity index (χ2v) is 6.64. The Morgan fingerprint density at radius 2 is 1.68 bits per heavy atom. The number of fused-ring (bicyclic) bond motifs is 1. The van der Waals surface area contributed by atoms with Gasteiger partial charge in [0.1, 0.15) is 0 Å². The highest BCUT2D eigenvalue weighted by Crippen LogP contribution is 2.18. The SMILES string of the molecule is CS(=O)(=O)NC(=O)CNC(=O)Cc1cccc2ccccc12. The number of carbonyl (C=O) groups is 2. The highest BCUT2D eigenvalue weighted by atomic mass is 32.2. The Bertz CT molecular complexity index is 810. The van der Waals surface area contributed by atoms with Gasteiger partial charge < -0.3 is 5.32 Å². The number of carbonyl (C=O) groups excluding carboxylic acids is 2. The van der Waals surface area contributed by atoms with Crippen LogP contribution in [0.4, 0.5) is 0 Å². The van der Waals surface area contributed by atoms with Gasteiger partial charge in [-0.3, -0.25) is 14.3 Å². The van der Waals surface area contributed by atoms with Crippen LogP contribution in [0, 0.1) is 0 Å². The molecule has 7 heteroatoms. The van der Waals surface area contributed by atoms with Gasteiger partial charge in [0.05, 0.1) is 19.2 Å². The first kappa shape index (κ1) is 16.0. The third kappa shape index (κ3) is 4.56. The zero-order valence-electron chi connectivity index (χ0n) is 12.0. The molecule has 22 heavy (non-hydrogen) atoms. The lowest BCUT2D eigenvalue weighted by molar-refractivity contribution is -0.124. The van der Waals surface area contributed by atoms with Gasteiger partial charge in [0.25, 0.3) is 5.91 Å². The van der Waals surface area contributed by atoms with E-state index >= 15 is 0 Å². The minimum absolute atomic E-state index is 0.119. The predicted octanol–water partition coefficient (Wildman–Crippen LogP) is 0.574. The van der Waals surface area contributed by atoms with E-state index in [0.717, 1.165) is 22.6 Å². The summed E-state index contributed by atoms with van der Waals surface area (Å²) < 4.78 is 23.5. The molecular weight excluding hydrogens is 304 g/mol. The molecule has 0 aliphatic carbocycles. The fourth-order valence-corrected chi connectivity index (χ4v) is 2.59. The lowest BCUT2D eigenvalue weighted by atomic mass is 10.0. The molecule has 0 fully saturated rings. The standard InChI is InChI=1S/C15H16N2O4S/c1-22(20,21)17-15(19)10-16-14(18)9-12-7-4-6-11-5-2-3-8-13(11)12/h2-8H,9-10H2,1H3,(H,16,18)(H,17,19). The van der Waals surface area contributed by atoms with Gasteiger partial charge in [0.15, 0.2) is 0 Å². The van der Waals surface area contributed by atoms with Crippen LogP contribution in [0.3, 0.4) is 0 Å². The molecule has 0 aromatic heterocycles. The summed E-state index contributed by atoms with van der Waals surface area (Å²) >= 11 is 0. The van der Waals surface area contributed by atoms with E-state index in [1.165, 1.54) is 0 Å². The Labute approximate surface area is 128 Å². The van der Waals surface area contributed by atoms with Gasteiger partial charge in [-0.15, -0.1) is 0 Å². The highest BCUT2D eigenvalue weighted by Gasteiger charge is 2.11. The number of rotatable bonds is 5. The summed E-state index contributed by atoms with van der Waals surface area (Å²) in [6.07, 6.45) is 0.996. The summed E-state index contributed by atoms with van der Waals surface area (Å²) in [6.45, 7) is -0.378. The Hall–Kier alpha value is -2.41. The van der Waals surface area contributed by atoms with Crippen LogP contribution in [0.15, 0.2) is 42.5 Å². The Morgan fingerprint density at radius 3 is 2.41 bits per heavy atom. The highest BCUT2D eigenvalue weighted by molar-refractivity contribution is 7.89. The molecule has 0 spiro atoms. The van der Waals surface area contributed by atoms with Crippen LogP contribution < -0.4 is 10.0 Å². The summed E-state index contributed by atoms with van der Waals surface area (Å²) in [7, 11) is -3.61. The fourth-order valence-electron chi connectivity index (χ4n) is 2.10. The summed E-state index contributed by atoms with van der Waals surface area (Å²) in [5.74, 6) is -1.12. The molecule has 0 unspecified atom stereocenters. The first-order valence-electron chi connectivity index (χ1n) is 6.59. The average Bonchev–Trinajstić information content (AvgIpc) is 2.44. The zero-order valence-corrected chi connectivity index (χ0v) is 12.8. The van der Waals surface area contributed by atoms with Gasteiger partial charge in [-0.2, -0.15) is 0 Å². The van der Waals surface area contributed by atoms with Crippen molar-refractivity contribution in [3.05, 3.63) is 48.0 Å². The van der Waals surface area contributed by atoms with Crippen molar-refractivity contribution >= 4 is 32.6 Å². The molecular formula is C15H16N2O4S. The Kier molecular flexibility index (Phi) is 4.77. The molecule has 0 atom stereocenters. The normalized spacial score (nSPS) is 11.1. The van der Waals surface area contributed by atoms with Gasteiger partial charge in [-0.05, 0) is 16.3 Å². The van der Waals surface area contributed by atoms with Crippen molar-refractivity contribution in [2.24, 2.45) is 0 Å². The monoisotopic (exact) mass is 320 g/mol. The predicted molar refractivity (Wildman–Crippen MR) is 83.6 cm³/mol. The number of amides is 2. The quantitative estimate of drug-likeness (QED) is 0.842. The van der Waals surface area contributed by atoms with E-state index in [2.05, 4.69) is 5.32 Å². The molecule has 116 valence electrons. The van der Waals surface area contributed by atoms with Crippen molar-refractivity contribution in [1.82, 2.24) is 10.0 Å². The van der Waals surface area contributed by atoms with Crippen molar-refractivity contribution < 1.29 is 18.0 Å². The van der Waals surface area contributed by atoms with E-state index in [0.29, 0.717) is 0 Å². The second-order valence-electron chi connectivity index (χ2n) is 4.89. The smallest absolute Gasteiger partial charge is 0.252 e. The number of benzene rings is 2. The van der Waals surface area contributed by atoms with E-state index in [-0.39, 0.29) is 18.9 Å². The minimum atomic E-state index is -3.61. The third-order valence-electron chi connectivity index (χ3n) is 2.98. The van der Waals surface area contributed by atoms with Crippen LogP contribution in [0.5, 0.6) is 0 Å². The van der Waals surface area contributed by atoms with Crippen molar-refractivity contribution in [1.29, 1.82) is 0 Å². The van der Waals surface area contributed by atoms with Gasteiger partial charge in [0, 0.05) is 0 Å².